The standard InChI is InChI=1S/C16H24N2O/c17-15-12-18(10-13-6-2-1-3-7-13)11-14(15)16-8-4-5-9-19-16/h1-3,6-7,14-16H,4-5,8-12,17H2/t14-,15-,16?/m1/s1. The fourth-order valence-corrected chi connectivity index (χ4v) is 3.41. The van der Waals surface area contributed by atoms with Crippen LogP contribution in [-0.2, 0) is 11.3 Å². The van der Waals surface area contributed by atoms with E-state index in [1.54, 1.807) is 0 Å². The molecule has 0 saturated carbocycles. The van der Waals surface area contributed by atoms with E-state index in [1.807, 2.05) is 0 Å². The van der Waals surface area contributed by atoms with Crippen molar-refractivity contribution < 1.29 is 4.74 Å². The molecule has 0 aromatic heterocycles. The highest BCUT2D eigenvalue weighted by atomic mass is 16.5. The number of likely N-dealkylation sites (tertiary alicyclic amines) is 1. The van der Waals surface area contributed by atoms with Gasteiger partial charge in [-0.1, -0.05) is 30.3 Å². The Hall–Kier alpha value is -0.900. The number of hydrogen-bond acceptors (Lipinski definition) is 3. The van der Waals surface area contributed by atoms with Gasteiger partial charge in [0.2, 0.25) is 0 Å². The van der Waals surface area contributed by atoms with E-state index in [9.17, 15) is 0 Å². The number of rotatable bonds is 3. The summed E-state index contributed by atoms with van der Waals surface area (Å²) >= 11 is 0. The molecule has 104 valence electrons. The monoisotopic (exact) mass is 260 g/mol. The van der Waals surface area contributed by atoms with Gasteiger partial charge in [0.25, 0.3) is 0 Å². The Bertz CT molecular complexity index is 389. The molecule has 1 unspecified atom stereocenters. The SMILES string of the molecule is N[C@@H]1CN(Cc2ccccc2)C[C@H]1C1CCCCO1. The zero-order valence-corrected chi connectivity index (χ0v) is 11.5. The van der Waals surface area contributed by atoms with Crippen LogP contribution in [0.2, 0.25) is 0 Å². The van der Waals surface area contributed by atoms with Crippen LogP contribution in [0.1, 0.15) is 24.8 Å². The summed E-state index contributed by atoms with van der Waals surface area (Å²) in [6.07, 6.45) is 4.10. The minimum absolute atomic E-state index is 0.270. The molecule has 19 heavy (non-hydrogen) atoms. The number of benzene rings is 1. The second-order valence-electron chi connectivity index (χ2n) is 5.91. The first kappa shape index (κ1) is 13.1. The van der Waals surface area contributed by atoms with Crippen LogP contribution in [0.25, 0.3) is 0 Å². The fourth-order valence-electron chi connectivity index (χ4n) is 3.41. The number of nitrogens with two attached hydrogens (primary N) is 1. The van der Waals surface area contributed by atoms with Gasteiger partial charge in [-0.3, -0.25) is 4.90 Å². The maximum atomic E-state index is 6.33. The second-order valence-corrected chi connectivity index (χ2v) is 5.91. The van der Waals surface area contributed by atoms with Gasteiger partial charge in [0.1, 0.15) is 0 Å². The van der Waals surface area contributed by atoms with E-state index < -0.39 is 0 Å². The lowest BCUT2D eigenvalue weighted by Gasteiger charge is -2.29. The summed E-state index contributed by atoms with van der Waals surface area (Å²) in [6.45, 7) is 4.02. The molecular formula is C16H24N2O. The predicted molar refractivity (Wildman–Crippen MR) is 76.8 cm³/mol. The lowest BCUT2D eigenvalue weighted by Crippen LogP contribution is -2.39. The van der Waals surface area contributed by atoms with Crippen LogP contribution in [0.4, 0.5) is 0 Å². The molecule has 1 aromatic carbocycles. The maximum Gasteiger partial charge on any atom is 0.0630 e. The van der Waals surface area contributed by atoms with Crippen LogP contribution in [0.15, 0.2) is 30.3 Å². The quantitative estimate of drug-likeness (QED) is 0.903. The van der Waals surface area contributed by atoms with E-state index in [1.165, 1.54) is 24.8 Å². The van der Waals surface area contributed by atoms with Crippen LogP contribution in [0.5, 0.6) is 0 Å². The largest absolute Gasteiger partial charge is 0.378 e. The van der Waals surface area contributed by atoms with Gasteiger partial charge in [0.15, 0.2) is 0 Å². The summed E-state index contributed by atoms with van der Waals surface area (Å²) in [4.78, 5) is 2.47. The lowest BCUT2D eigenvalue weighted by molar-refractivity contribution is -0.0214. The topological polar surface area (TPSA) is 38.5 Å². The molecule has 0 spiro atoms. The van der Waals surface area contributed by atoms with Gasteiger partial charge in [-0.2, -0.15) is 0 Å². The molecule has 2 saturated heterocycles. The summed E-state index contributed by atoms with van der Waals surface area (Å²) < 4.78 is 5.92. The highest BCUT2D eigenvalue weighted by Gasteiger charge is 2.36. The van der Waals surface area contributed by atoms with Crippen molar-refractivity contribution in [3.8, 4) is 0 Å². The van der Waals surface area contributed by atoms with Crippen molar-refractivity contribution in [1.82, 2.24) is 4.90 Å². The molecule has 2 aliphatic rings. The third-order valence-electron chi connectivity index (χ3n) is 4.43. The molecule has 3 rings (SSSR count). The van der Waals surface area contributed by atoms with Gasteiger partial charge in [0, 0.05) is 38.2 Å². The molecule has 0 amide bonds. The second kappa shape index (κ2) is 6.04. The van der Waals surface area contributed by atoms with E-state index in [0.29, 0.717) is 12.0 Å². The number of nitrogens with zero attached hydrogens (tertiary/aromatic N) is 1. The van der Waals surface area contributed by atoms with Crippen molar-refractivity contribution in [3.05, 3.63) is 35.9 Å². The molecule has 2 N–H and O–H groups in total. The summed E-state index contributed by atoms with van der Waals surface area (Å²) in [5.41, 5.74) is 7.71. The fraction of sp³-hybridized carbons (Fsp3) is 0.625. The summed E-state index contributed by atoms with van der Waals surface area (Å²) in [5, 5.41) is 0. The Labute approximate surface area is 115 Å². The van der Waals surface area contributed by atoms with Crippen molar-refractivity contribution in [2.45, 2.75) is 38.0 Å². The van der Waals surface area contributed by atoms with Gasteiger partial charge in [-0.25, -0.2) is 0 Å². The number of hydrogen-bond donors (Lipinski definition) is 1. The minimum Gasteiger partial charge on any atom is -0.378 e. The molecule has 3 heteroatoms. The normalized spacial score (nSPS) is 32.6. The molecule has 0 aliphatic carbocycles. The average molecular weight is 260 g/mol. The van der Waals surface area contributed by atoms with E-state index in [0.717, 1.165) is 26.2 Å². The van der Waals surface area contributed by atoms with Gasteiger partial charge >= 0.3 is 0 Å². The van der Waals surface area contributed by atoms with Gasteiger partial charge in [-0.15, -0.1) is 0 Å². The van der Waals surface area contributed by atoms with Crippen molar-refractivity contribution >= 4 is 0 Å². The average Bonchev–Trinajstić information content (AvgIpc) is 2.82. The minimum atomic E-state index is 0.270. The first-order valence-electron chi connectivity index (χ1n) is 7.46. The maximum absolute atomic E-state index is 6.33. The third-order valence-corrected chi connectivity index (χ3v) is 4.43. The Morgan fingerprint density at radius 3 is 2.74 bits per heavy atom. The van der Waals surface area contributed by atoms with E-state index in [4.69, 9.17) is 10.5 Å². The first-order valence-corrected chi connectivity index (χ1v) is 7.46. The Morgan fingerprint density at radius 1 is 1.16 bits per heavy atom. The molecule has 2 aliphatic heterocycles. The van der Waals surface area contributed by atoms with E-state index >= 15 is 0 Å². The molecule has 3 atom stereocenters. The lowest BCUT2D eigenvalue weighted by atomic mass is 9.92. The third kappa shape index (κ3) is 3.16. The van der Waals surface area contributed by atoms with Crippen molar-refractivity contribution in [3.63, 3.8) is 0 Å². The summed E-state index contributed by atoms with van der Waals surface area (Å²) in [5.74, 6) is 0.518. The van der Waals surface area contributed by atoms with Crippen LogP contribution in [0.3, 0.4) is 0 Å². The van der Waals surface area contributed by atoms with Crippen LogP contribution in [0, 0.1) is 5.92 Å². The zero-order valence-electron chi connectivity index (χ0n) is 11.5. The van der Waals surface area contributed by atoms with Crippen molar-refractivity contribution in [2.75, 3.05) is 19.7 Å². The van der Waals surface area contributed by atoms with Crippen LogP contribution in [-0.4, -0.2) is 36.7 Å². The smallest absolute Gasteiger partial charge is 0.0630 e. The van der Waals surface area contributed by atoms with Gasteiger partial charge in [0.05, 0.1) is 6.10 Å². The Morgan fingerprint density at radius 2 is 2.00 bits per heavy atom. The molecule has 3 nitrogen and oxygen atoms in total. The van der Waals surface area contributed by atoms with Gasteiger partial charge in [-0.05, 0) is 24.8 Å². The van der Waals surface area contributed by atoms with E-state index in [-0.39, 0.29) is 6.04 Å². The van der Waals surface area contributed by atoms with Crippen LogP contribution < -0.4 is 5.73 Å². The molecule has 2 fully saturated rings. The molecule has 1 aromatic rings. The molecule has 2 heterocycles. The Balaban J connectivity index is 1.58. The van der Waals surface area contributed by atoms with Crippen molar-refractivity contribution in [1.29, 1.82) is 0 Å². The molecular weight excluding hydrogens is 236 g/mol. The molecule has 0 bridgehead atoms. The van der Waals surface area contributed by atoms with Gasteiger partial charge < -0.3 is 10.5 Å². The van der Waals surface area contributed by atoms with E-state index in [2.05, 4.69) is 35.2 Å². The Kier molecular flexibility index (Phi) is 4.16. The predicted octanol–water partition coefficient (Wildman–Crippen LogP) is 2.01. The summed E-state index contributed by atoms with van der Waals surface area (Å²) in [7, 11) is 0. The highest BCUT2D eigenvalue weighted by molar-refractivity contribution is 5.15. The van der Waals surface area contributed by atoms with Crippen molar-refractivity contribution in [2.24, 2.45) is 11.7 Å². The molecule has 0 radical (unpaired) electrons. The first-order chi connectivity index (χ1) is 9.33. The zero-order chi connectivity index (χ0) is 13.1. The summed E-state index contributed by atoms with van der Waals surface area (Å²) in [6, 6.07) is 10.9. The highest BCUT2D eigenvalue weighted by Crippen LogP contribution is 2.28. The number of ether oxygens (including phenoxy) is 1. The van der Waals surface area contributed by atoms with Crippen LogP contribution >= 0.6 is 0 Å².